The fraction of sp³-hybridized carbons (Fsp3) is 0.294. The minimum atomic E-state index is -3.67. The third-order valence-electron chi connectivity index (χ3n) is 4.15. The zero-order chi connectivity index (χ0) is 18.1. The molecule has 1 fully saturated rings. The molecule has 25 heavy (non-hydrogen) atoms. The Morgan fingerprint density at radius 2 is 1.68 bits per heavy atom. The second-order valence-electron chi connectivity index (χ2n) is 5.89. The summed E-state index contributed by atoms with van der Waals surface area (Å²) in [6, 6.07) is 13.1. The summed E-state index contributed by atoms with van der Waals surface area (Å²) in [4.78, 5) is 0.191. The molecule has 1 N–H and O–H groups in total. The Morgan fingerprint density at radius 3 is 2.20 bits per heavy atom. The summed E-state index contributed by atoms with van der Waals surface area (Å²) in [5.74, 6) is 0.148. The van der Waals surface area contributed by atoms with Crippen LogP contribution in [0.5, 0.6) is 0 Å². The van der Waals surface area contributed by atoms with Crippen LogP contribution in [-0.2, 0) is 26.5 Å². The molecule has 0 unspecified atom stereocenters. The van der Waals surface area contributed by atoms with Crippen molar-refractivity contribution in [1.82, 2.24) is 0 Å². The van der Waals surface area contributed by atoms with Crippen LogP contribution in [0.15, 0.2) is 53.4 Å². The van der Waals surface area contributed by atoms with E-state index in [4.69, 9.17) is 0 Å². The van der Waals surface area contributed by atoms with E-state index in [-0.39, 0.29) is 10.6 Å². The average Bonchev–Trinajstić information content (AvgIpc) is 2.94. The number of rotatable bonds is 5. The third kappa shape index (κ3) is 3.80. The Balaban J connectivity index is 1.78. The van der Waals surface area contributed by atoms with Crippen LogP contribution >= 0.6 is 0 Å². The molecule has 8 heteroatoms. The molecular weight excluding hydrogens is 360 g/mol. The van der Waals surface area contributed by atoms with E-state index in [2.05, 4.69) is 4.72 Å². The second kappa shape index (κ2) is 6.68. The second-order valence-corrected chi connectivity index (χ2v) is 9.59. The Morgan fingerprint density at radius 1 is 1.04 bits per heavy atom. The fourth-order valence-corrected chi connectivity index (χ4v) is 5.37. The molecule has 1 saturated heterocycles. The maximum Gasteiger partial charge on any atom is 0.261 e. The third-order valence-corrected chi connectivity index (χ3v) is 7.42. The molecular formula is C17H20N2O4S2. The van der Waals surface area contributed by atoms with Crippen molar-refractivity contribution in [3.8, 4) is 0 Å². The molecule has 1 aliphatic rings. The fourth-order valence-electron chi connectivity index (χ4n) is 2.74. The van der Waals surface area contributed by atoms with Gasteiger partial charge in [-0.1, -0.05) is 19.1 Å². The lowest BCUT2D eigenvalue weighted by Gasteiger charge is -2.17. The maximum absolute atomic E-state index is 12.4. The number of benzene rings is 2. The molecule has 0 bridgehead atoms. The van der Waals surface area contributed by atoms with Gasteiger partial charge in [0.1, 0.15) is 0 Å². The van der Waals surface area contributed by atoms with Gasteiger partial charge in [-0.3, -0.25) is 9.03 Å². The van der Waals surface area contributed by atoms with Gasteiger partial charge < -0.3 is 0 Å². The molecule has 2 aromatic carbocycles. The van der Waals surface area contributed by atoms with E-state index in [0.717, 1.165) is 12.0 Å². The minimum absolute atomic E-state index is 0.148. The van der Waals surface area contributed by atoms with E-state index in [1.54, 1.807) is 48.5 Å². The summed E-state index contributed by atoms with van der Waals surface area (Å²) in [7, 11) is -6.92. The summed E-state index contributed by atoms with van der Waals surface area (Å²) in [6.45, 7) is 2.46. The summed E-state index contributed by atoms with van der Waals surface area (Å²) < 4.78 is 52.6. The lowest BCUT2D eigenvalue weighted by molar-refractivity contribution is 0.598. The Hall–Kier alpha value is -2.06. The first kappa shape index (κ1) is 17.8. The molecule has 0 aliphatic carbocycles. The van der Waals surface area contributed by atoms with Gasteiger partial charge in [0, 0.05) is 12.2 Å². The van der Waals surface area contributed by atoms with Gasteiger partial charge >= 0.3 is 0 Å². The zero-order valence-corrected chi connectivity index (χ0v) is 15.5. The van der Waals surface area contributed by atoms with Crippen LogP contribution in [0, 0.1) is 0 Å². The molecule has 0 atom stereocenters. The van der Waals surface area contributed by atoms with Crippen LogP contribution < -0.4 is 9.03 Å². The van der Waals surface area contributed by atoms with Gasteiger partial charge in [0.15, 0.2) is 0 Å². The smallest absolute Gasteiger partial charge is 0.261 e. The van der Waals surface area contributed by atoms with Crippen LogP contribution in [0.1, 0.15) is 18.9 Å². The number of nitrogens with one attached hydrogen (secondary N) is 1. The molecule has 1 aliphatic heterocycles. The largest absolute Gasteiger partial charge is 0.280 e. The average molecular weight is 380 g/mol. The van der Waals surface area contributed by atoms with Gasteiger partial charge in [-0.25, -0.2) is 16.8 Å². The number of aryl methyl sites for hydroxylation is 1. The zero-order valence-electron chi connectivity index (χ0n) is 13.8. The highest BCUT2D eigenvalue weighted by molar-refractivity contribution is 7.93. The summed E-state index contributed by atoms with van der Waals surface area (Å²) in [5.41, 5.74) is 2.00. The van der Waals surface area contributed by atoms with Crippen LogP contribution in [0.25, 0.3) is 0 Å². The Labute approximate surface area is 148 Å². The van der Waals surface area contributed by atoms with E-state index in [0.29, 0.717) is 24.3 Å². The van der Waals surface area contributed by atoms with Gasteiger partial charge in [-0.2, -0.15) is 0 Å². The summed E-state index contributed by atoms with van der Waals surface area (Å²) in [6.07, 6.45) is 1.44. The molecule has 0 aromatic heterocycles. The molecule has 0 radical (unpaired) electrons. The monoisotopic (exact) mass is 380 g/mol. The van der Waals surface area contributed by atoms with Gasteiger partial charge in [0.2, 0.25) is 10.0 Å². The molecule has 1 heterocycles. The van der Waals surface area contributed by atoms with E-state index >= 15 is 0 Å². The van der Waals surface area contributed by atoms with E-state index in [9.17, 15) is 16.8 Å². The normalized spacial score (nSPS) is 16.8. The van der Waals surface area contributed by atoms with E-state index < -0.39 is 20.0 Å². The van der Waals surface area contributed by atoms with Gasteiger partial charge in [-0.15, -0.1) is 0 Å². The standard InChI is InChI=1S/C17H20N2O4S2/c1-2-14-4-10-17(11-5-14)25(22,23)18-15-6-8-16(9-7-15)19-12-3-13-24(19,20)21/h4-11,18H,2-3,12-13H2,1H3. The van der Waals surface area contributed by atoms with Crippen molar-refractivity contribution in [2.24, 2.45) is 0 Å². The van der Waals surface area contributed by atoms with Crippen molar-refractivity contribution in [3.63, 3.8) is 0 Å². The van der Waals surface area contributed by atoms with Gasteiger partial charge in [0.05, 0.1) is 16.3 Å². The first-order valence-corrected chi connectivity index (χ1v) is 11.1. The SMILES string of the molecule is CCc1ccc(S(=O)(=O)Nc2ccc(N3CCCS3(=O)=O)cc2)cc1. The molecule has 6 nitrogen and oxygen atoms in total. The lowest BCUT2D eigenvalue weighted by Crippen LogP contribution is -2.25. The highest BCUT2D eigenvalue weighted by atomic mass is 32.2. The molecule has 2 aromatic rings. The predicted octanol–water partition coefficient (Wildman–Crippen LogP) is 2.59. The molecule has 0 amide bonds. The number of sulfonamides is 2. The molecule has 0 spiro atoms. The number of hydrogen-bond donors (Lipinski definition) is 1. The Kier molecular flexibility index (Phi) is 4.75. The van der Waals surface area contributed by atoms with Gasteiger partial charge in [0.25, 0.3) is 10.0 Å². The number of nitrogens with zero attached hydrogens (tertiary/aromatic N) is 1. The highest BCUT2D eigenvalue weighted by Crippen LogP contribution is 2.26. The van der Waals surface area contributed by atoms with Crippen molar-refractivity contribution in [2.45, 2.75) is 24.7 Å². The summed E-state index contributed by atoms with van der Waals surface area (Å²) in [5, 5.41) is 0. The van der Waals surface area contributed by atoms with Crippen LogP contribution in [0.2, 0.25) is 0 Å². The van der Waals surface area contributed by atoms with Crippen molar-refractivity contribution in [1.29, 1.82) is 0 Å². The van der Waals surface area contributed by atoms with E-state index in [1.807, 2.05) is 6.92 Å². The first-order valence-electron chi connectivity index (χ1n) is 8.04. The van der Waals surface area contributed by atoms with Crippen LogP contribution in [0.4, 0.5) is 11.4 Å². The Bertz CT molecular complexity index is 951. The summed E-state index contributed by atoms with van der Waals surface area (Å²) >= 11 is 0. The van der Waals surface area contributed by atoms with Crippen LogP contribution in [-0.4, -0.2) is 29.1 Å². The molecule has 134 valence electrons. The highest BCUT2D eigenvalue weighted by Gasteiger charge is 2.28. The number of hydrogen-bond acceptors (Lipinski definition) is 4. The number of anilines is 2. The maximum atomic E-state index is 12.4. The van der Waals surface area contributed by atoms with Crippen molar-refractivity contribution < 1.29 is 16.8 Å². The van der Waals surface area contributed by atoms with Crippen molar-refractivity contribution in [3.05, 3.63) is 54.1 Å². The lowest BCUT2D eigenvalue weighted by atomic mass is 10.2. The predicted molar refractivity (Wildman–Crippen MR) is 98.8 cm³/mol. The van der Waals surface area contributed by atoms with E-state index in [1.165, 1.54) is 4.31 Å². The molecule has 0 saturated carbocycles. The van der Waals surface area contributed by atoms with Crippen LogP contribution in [0.3, 0.4) is 0 Å². The van der Waals surface area contributed by atoms with Crippen molar-refractivity contribution in [2.75, 3.05) is 21.3 Å². The quantitative estimate of drug-likeness (QED) is 0.864. The van der Waals surface area contributed by atoms with Crippen molar-refractivity contribution >= 4 is 31.4 Å². The molecule has 3 rings (SSSR count). The van der Waals surface area contributed by atoms with Gasteiger partial charge in [-0.05, 0) is 54.8 Å². The topological polar surface area (TPSA) is 83.6 Å². The first-order chi connectivity index (χ1) is 11.8. The minimum Gasteiger partial charge on any atom is -0.280 e.